The largest absolute Gasteiger partial charge is 0.477 e. The molecule has 1 saturated carbocycles. The summed E-state index contributed by atoms with van der Waals surface area (Å²) < 4.78 is 31.2. The highest BCUT2D eigenvalue weighted by Crippen LogP contribution is 2.36. The van der Waals surface area contributed by atoms with Gasteiger partial charge in [-0.25, -0.2) is 17.5 Å². The fraction of sp³-hybridized carbons (Fsp3) is 0.500. The van der Waals surface area contributed by atoms with Crippen LogP contribution in [0, 0.1) is 11.3 Å². The number of imide groups is 1. The van der Waals surface area contributed by atoms with Gasteiger partial charge in [0, 0.05) is 26.2 Å². The van der Waals surface area contributed by atoms with Crippen LogP contribution in [0.25, 0.3) is 0 Å². The van der Waals surface area contributed by atoms with Crippen LogP contribution in [0.15, 0.2) is 23.1 Å². The lowest BCUT2D eigenvalue weighted by molar-refractivity contribution is -0.126. The molecule has 3 amide bonds. The Bertz CT molecular complexity index is 932. The smallest absolute Gasteiger partial charge is 0.332 e. The van der Waals surface area contributed by atoms with Gasteiger partial charge in [0.15, 0.2) is 6.61 Å². The minimum absolute atomic E-state index is 0.0280. The number of ether oxygens (including phenoxy) is 1. The summed E-state index contributed by atoms with van der Waals surface area (Å²) in [7, 11) is -0.915. The van der Waals surface area contributed by atoms with Gasteiger partial charge < -0.3 is 4.74 Å². The number of urea groups is 1. The van der Waals surface area contributed by atoms with Gasteiger partial charge in [-0.3, -0.25) is 14.6 Å². The fourth-order valence-corrected chi connectivity index (χ4v) is 4.46. The van der Waals surface area contributed by atoms with Crippen LogP contribution in [0.2, 0.25) is 0 Å². The number of hydrogen-bond donors (Lipinski definition) is 0. The average Bonchev–Trinajstić information content (AvgIpc) is 3.27. The number of sulfonamides is 1. The van der Waals surface area contributed by atoms with Gasteiger partial charge in [0.1, 0.15) is 18.4 Å². The number of carbonyl (C=O) groups is 2. The molecule has 0 bridgehead atoms. The number of amides is 3. The molecule has 3 rings (SSSR count). The lowest BCUT2D eigenvalue weighted by Crippen LogP contribution is -2.40. The third-order valence-electron chi connectivity index (χ3n) is 4.98. The van der Waals surface area contributed by atoms with Crippen LogP contribution in [0.3, 0.4) is 0 Å². The van der Waals surface area contributed by atoms with Crippen LogP contribution >= 0.6 is 0 Å². The van der Waals surface area contributed by atoms with E-state index in [4.69, 9.17) is 10.00 Å². The first-order valence-electron chi connectivity index (χ1n) is 8.97. The Hall–Kier alpha value is -2.64. The monoisotopic (exact) mass is 406 g/mol. The molecule has 2 aliphatic rings. The Balaban J connectivity index is 1.98. The molecule has 10 heteroatoms. The minimum atomic E-state index is -3.72. The van der Waals surface area contributed by atoms with Crippen LogP contribution in [0.5, 0.6) is 5.75 Å². The third-order valence-corrected chi connectivity index (χ3v) is 6.79. The molecule has 1 aliphatic carbocycles. The highest BCUT2D eigenvalue weighted by Gasteiger charge is 2.42. The zero-order valence-corrected chi connectivity index (χ0v) is 16.6. The number of benzene rings is 1. The topological polar surface area (TPSA) is 111 Å². The van der Waals surface area contributed by atoms with Crippen molar-refractivity contribution in [1.82, 2.24) is 9.21 Å². The molecule has 1 aromatic rings. The van der Waals surface area contributed by atoms with Crippen molar-refractivity contribution in [1.29, 1.82) is 5.26 Å². The van der Waals surface area contributed by atoms with E-state index < -0.39 is 16.1 Å². The molecule has 150 valence electrons. The Morgan fingerprint density at radius 3 is 2.54 bits per heavy atom. The summed E-state index contributed by atoms with van der Waals surface area (Å²) in [5.74, 6) is -0.216. The van der Waals surface area contributed by atoms with Gasteiger partial charge in [0.25, 0.3) is 5.91 Å². The van der Waals surface area contributed by atoms with Crippen LogP contribution in [0.4, 0.5) is 10.5 Å². The molecule has 2 fully saturated rings. The molecule has 28 heavy (non-hydrogen) atoms. The summed E-state index contributed by atoms with van der Waals surface area (Å²) in [6, 6.07) is 5.36. The Morgan fingerprint density at radius 2 is 1.93 bits per heavy atom. The molecule has 0 atom stereocenters. The predicted octanol–water partition coefficient (Wildman–Crippen LogP) is 1.55. The summed E-state index contributed by atoms with van der Waals surface area (Å²) in [5.41, 5.74) is 0.270. The van der Waals surface area contributed by atoms with Crippen molar-refractivity contribution in [3.8, 4) is 11.8 Å². The average molecular weight is 406 g/mol. The zero-order chi connectivity index (χ0) is 20.5. The molecule has 1 aromatic carbocycles. The van der Waals surface area contributed by atoms with E-state index in [0.29, 0.717) is 0 Å². The summed E-state index contributed by atoms with van der Waals surface area (Å²) >= 11 is 0. The van der Waals surface area contributed by atoms with Gasteiger partial charge in [-0.05, 0) is 25.0 Å². The Labute approximate surface area is 164 Å². The molecule has 0 spiro atoms. The van der Waals surface area contributed by atoms with E-state index in [1.807, 2.05) is 6.07 Å². The lowest BCUT2D eigenvalue weighted by Gasteiger charge is -2.23. The summed E-state index contributed by atoms with van der Waals surface area (Å²) in [6.07, 6.45) is 3.55. The Morgan fingerprint density at radius 1 is 1.25 bits per heavy atom. The number of rotatable bonds is 6. The van der Waals surface area contributed by atoms with E-state index in [0.717, 1.165) is 30.0 Å². The zero-order valence-electron chi connectivity index (χ0n) is 15.8. The first-order chi connectivity index (χ1) is 13.3. The fourth-order valence-electron chi connectivity index (χ4n) is 3.54. The predicted molar refractivity (Wildman–Crippen MR) is 100 cm³/mol. The van der Waals surface area contributed by atoms with E-state index in [1.54, 1.807) is 0 Å². The molecular formula is C18H22N4O5S. The minimum Gasteiger partial charge on any atom is -0.477 e. The number of anilines is 1. The van der Waals surface area contributed by atoms with Crippen molar-refractivity contribution in [2.24, 2.45) is 0 Å². The maximum Gasteiger partial charge on any atom is 0.332 e. The summed E-state index contributed by atoms with van der Waals surface area (Å²) in [6.45, 7) is -0.460. The van der Waals surface area contributed by atoms with Crippen LogP contribution < -0.4 is 9.64 Å². The normalized spacial score (nSPS) is 18.2. The van der Waals surface area contributed by atoms with Crippen LogP contribution in [-0.4, -0.2) is 62.9 Å². The second-order valence-corrected chi connectivity index (χ2v) is 9.09. The SMILES string of the molecule is CN(C)S(=O)(=O)c1ccc(N2CC(=O)N(C3CCCC3)C2=O)c(OCC#N)c1. The summed E-state index contributed by atoms with van der Waals surface area (Å²) in [4.78, 5) is 27.9. The lowest BCUT2D eigenvalue weighted by atomic mass is 10.2. The molecule has 1 heterocycles. The van der Waals surface area contributed by atoms with Crippen molar-refractivity contribution in [3.63, 3.8) is 0 Å². The van der Waals surface area contributed by atoms with E-state index in [2.05, 4.69) is 0 Å². The molecule has 0 N–H and O–H groups in total. The second-order valence-electron chi connectivity index (χ2n) is 6.93. The molecule has 1 aliphatic heterocycles. The summed E-state index contributed by atoms with van der Waals surface area (Å²) in [5, 5.41) is 8.84. The van der Waals surface area contributed by atoms with Crippen LogP contribution in [-0.2, 0) is 14.8 Å². The van der Waals surface area contributed by atoms with Crippen molar-refractivity contribution < 1.29 is 22.7 Å². The van der Waals surface area contributed by atoms with Gasteiger partial charge in [0.2, 0.25) is 10.0 Å². The molecule has 9 nitrogen and oxygen atoms in total. The molecule has 1 saturated heterocycles. The molecular weight excluding hydrogens is 384 g/mol. The quantitative estimate of drug-likeness (QED) is 0.663. The first kappa shape index (κ1) is 20.1. The molecule has 0 aromatic heterocycles. The van der Waals surface area contributed by atoms with Crippen molar-refractivity contribution in [2.75, 3.05) is 32.1 Å². The standard InChI is InChI=1S/C18H22N4O5S/c1-20(2)28(25,26)14-7-8-15(16(11-14)27-10-9-19)21-12-17(23)22(18(21)24)13-5-3-4-6-13/h7-8,11,13H,3-6,10,12H2,1-2H3. The number of carbonyl (C=O) groups excluding carboxylic acids is 2. The van der Waals surface area contributed by atoms with Gasteiger partial charge in [-0.15, -0.1) is 0 Å². The van der Waals surface area contributed by atoms with E-state index in [1.165, 1.54) is 42.1 Å². The maximum absolute atomic E-state index is 12.9. The van der Waals surface area contributed by atoms with Gasteiger partial charge in [-0.2, -0.15) is 5.26 Å². The molecule has 0 radical (unpaired) electrons. The number of hydrogen-bond acceptors (Lipinski definition) is 6. The van der Waals surface area contributed by atoms with Gasteiger partial charge in [0.05, 0.1) is 10.6 Å². The highest BCUT2D eigenvalue weighted by molar-refractivity contribution is 7.89. The maximum atomic E-state index is 12.9. The van der Waals surface area contributed by atoms with E-state index >= 15 is 0 Å². The van der Waals surface area contributed by atoms with Crippen molar-refractivity contribution in [2.45, 2.75) is 36.6 Å². The van der Waals surface area contributed by atoms with Crippen molar-refractivity contribution in [3.05, 3.63) is 18.2 Å². The van der Waals surface area contributed by atoms with Crippen LogP contribution in [0.1, 0.15) is 25.7 Å². The number of nitriles is 1. The second kappa shape index (κ2) is 7.77. The van der Waals surface area contributed by atoms with E-state index in [-0.39, 0.29) is 41.4 Å². The molecule has 0 unspecified atom stereocenters. The van der Waals surface area contributed by atoms with Crippen molar-refractivity contribution >= 4 is 27.6 Å². The Kier molecular flexibility index (Phi) is 5.58. The van der Waals surface area contributed by atoms with E-state index in [9.17, 15) is 18.0 Å². The van der Waals surface area contributed by atoms with Gasteiger partial charge >= 0.3 is 6.03 Å². The third kappa shape index (κ3) is 3.55. The van der Waals surface area contributed by atoms with Gasteiger partial charge in [-0.1, -0.05) is 12.8 Å². The first-order valence-corrected chi connectivity index (χ1v) is 10.4. The number of nitrogens with zero attached hydrogens (tertiary/aromatic N) is 4. The highest BCUT2D eigenvalue weighted by atomic mass is 32.2.